The number of aliphatic carboxylic acids is 1. The van der Waals surface area contributed by atoms with E-state index in [-0.39, 0.29) is 12.3 Å². The molecular formula is C12H23N3O3. The van der Waals surface area contributed by atoms with E-state index >= 15 is 0 Å². The SMILES string of the molecule is NCC1CCCN(CC(=O)NCCCC(=O)O)C1. The average molecular weight is 257 g/mol. The highest BCUT2D eigenvalue weighted by atomic mass is 16.4. The lowest BCUT2D eigenvalue weighted by atomic mass is 9.98. The third-order valence-electron chi connectivity index (χ3n) is 3.19. The number of carboxylic acid groups (broad SMARTS) is 1. The minimum atomic E-state index is -0.828. The van der Waals surface area contributed by atoms with E-state index in [1.54, 1.807) is 0 Å². The molecule has 4 N–H and O–H groups in total. The predicted molar refractivity (Wildman–Crippen MR) is 68.1 cm³/mol. The van der Waals surface area contributed by atoms with Crippen molar-refractivity contribution in [2.75, 3.05) is 32.7 Å². The Bertz CT molecular complexity index is 284. The molecule has 0 aromatic heterocycles. The van der Waals surface area contributed by atoms with Gasteiger partial charge >= 0.3 is 5.97 Å². The predicted octanol–water partition coefficient (Wildman–Crippen LogP) is -0.362. The van der Waals surface area contributed by atoms with Gasteiger partial charge in [-0.1, -0.05) is 0 Å². The zero-order valence-corrected chi connectivity index (χ0v) is 10.7. The summed E-state index contributed by atoms with van der Waals surface area (Å²) in [5, 5.41) is 11.2. The molecule has 0 aliphatic carbocycles. The summed E-state index contributed by atoms with van der Waals surface area (Å²) in [6.07, 6.45) is 2.81. The molecule has 1 aliphatic heterocycles. The van der Waals surface area contributed by atoms with Gasteiger partial charge in [0.1, 0.15) is 0 Å². The molecule has 0 saturated carbocycles. The number of nitrogens with zero attached hydrogens (tertiary/aromatic N) is 1. The first kappa shape index (κ1) is 14.9. The minimum Gasteiger partial charge on any atom is -0.481 e. The average Bonchev–Trinajstić information content (AvgIpc) is 2.34. The highest BCUT2D eigenvalue weighted by Gasteiger charge is 2.20. The highest BCUT2D eigenvalue weighted by molar-refractivity contribution is 5.78. The van der Waals surface area contributed by atoms with Crippen molar-refractivity contribution < 1.29 is 14.7 Å². The fraction of sp³-hybridized carbons (Fsp3) is 0.833. The molecule has 1 rings (SSSR count). The first-order chi connectivity index (χ1) is 8.61. The summed E-state index contributed by atoms with van der Waals surface area (Å²) in [6, 6.07) is 0. The quantitative estimate of drug-likeness (QED) is 0.541. The first-order valence-electron chi connectivity index (χ1n) is 6.52. The maximum absolute atomic E-state index is 11.6. The second-order valence-corrected chi connectivity index (χ2v) is 4.83. The molecule has 1 heterocycles. The largest absolute Gasteiger partial charge is 0.481 e. The van der Waals surface area contributed by atoms with Crippen LogP contribution in [0.1, 0.15) is 25.7 Å². The third kappa shape index (κ3) is 5.97. The molecule has 0 spiro atoms. The normalized spacial score (nSPS) is 20.6. The maximum Gasteiger partial charge on any atom is 0.303 e. The Labute approximate surface area is 108 Å². The molecule has 1 saturated heterocycles. The van der Waals surface area contributed by atoms with Crippen LogP contribution in [0.25, 0.3) is 0 Å². The smallest absolute Gasteiger partial charge is 0.303 e. The minimum absolute atomic E-state index is 0.0296. The van der Waals surface area contributed by atoms with Crippen molar-refractivity contribution in [2.45, 2.75) is 25.7 Å². The van der Waals surface area contributed by atoms with Crippen LogP contribution >= 0.6 is 0 Å². The molecule has 0 bridgehead atoms. The van der Waals surface area contributed by atoms with Crippen molar-refractivity contribution in [3.63, 3.8) is 0 Å². The molecule has 0 aromatic rings. The van der Waals surface area contributed by atoms with Gasteiger partial charge in [0, 0.05) is 19.5 Å². The van der Waals surface area contributed by atoms with Crippen LogP contribution in [0.5, 0.6) is 0 Å². The lowest BCUT2D eigenvalue weighted by molar-refractivity contribution is -0.137. The Morgan fingerprint density at radius 1 is 1.44 bits per heavy atom. The topological polar surface area (TPSA) is 95.7 Å². The summed E-state index contributed by atoms with van der Waals surface area (Å²) < 4.78 is 0. The van der Waals surface area contributed by atoms with Crippen molar-refractivity contribution in [1.29, 1.82) is 0 Å². The highest BCUT2D eigenvalue weighted by Crippen LogP contribution is 2.14. The Morgan fingerprint density at radius 3 is 2.89 bits per heavy atom. The molecule has 0 radical (unpaired) electrons. The molecule has 18 heavy (non-hydrogen) atoms. The summed E-state index contributed by atoms with van der Waals surface area (Å²) in [5.41, 5.74) is 5.64. The number of hydrogen-bond acceptors (Lipinski definition) is 4. The molecule has 0 aromatic carbocycles. The lowest BCUT2D eigenvalue weighted by Crippen LogP contribution is -2.44. The number of carboxylic acids is 1. The van der Waals surface area contributed by atoms with E-state index in [0.717, 1.165) is 25.9 Å². The van der Waals surface area contributed by atoms with Crippen molar-refractivity contribution in [3.05, 3.63) is 0 Å². The molecular weight excluding hydrogens is 234 g/mol. The fourth-order valence-electron chi connectivity index (χ4n) is 2.21. The zero-order chi connectivity index (χ0) is 13.4. The number of carbonyl (C=O) groups is 2. The molecule has 6 nitrogen and oxygen atoms in total. The molecule has 104 valence electrons. The van der Waals surface area contributed by atoms with Crippen LogP contribution in [0.15, 0.2) is 0 Å². The van der Waals surface area contributed by atoms with Gasteiger partial charge < -0.3 is 16.2 Å². The molecule has 1 fully saturated rings. The van der Waals surface area contributed by atoms with Gasteiger partial charge in [-0.05, 0) is 38.3 Å². The number of carbonyl (C=O) groups excluding carboxylic acids is 1. The maximum atomic E-state index is 11.6. The number of nitrogens with two attached hydrogens (primary N) is 1. The van der Waals surface area contributed by atoms with Gasteiger partial charge in [-0.2, -0.15) is 0 Å². The number of amides is 1. The van der Waals surface area contributed by atoms with Crippen molar-refractivity contribution in [2.24, 2.45) is 11.7 Å². The van der Waals surface area contributed by atoms with E-state index in [1.807, 2.05) is 0 Å². The van der Waals surface area contributed by atoms with Gasteiger partial charge in [0.2, 0.25) is 5.91 Å². The summed E-state index contributed by atoms with van der Waals surface area (Å²) in [5.74, 6) is -0.359. The van der Waals surface area contributed by atoms with Crippen molar-refractivity contribution >= 4 is 11.9 Å². The number of likely N-dealkylation sites (tertiary alicyclic amines) is 1. The number of nitrogens with one attached hydrogen (secondary N) is 1. The standard InChI is InChI=1S/C12H23N3O3/c13-7-10-3-2-6-15(8-10)9-11(16)14-5-1-4-12(17)18/h10H,1-9,13H2,(H,14,16)(H,17,18). The fourth-order valence-corrected chi connectivity index (χ4v) is 2.21. The van der Waals surface area contributed by atoms with E-state index in [1.165, 1.54) is 0 Å². The van der Waals surface area contributed by atoms with E-state index in [0.29, 0.717) is 32.0 Å². The van der Waals surface area contributed by atoms with Crippen molar-refractivity contribution in [3.8, 4) is 0 Å². The number of piperidine rings is 1. The Balaban J connectivity index is 2.13. The van der Waals surface area contributed by atoms with Gasteiger partial charge in [-0.15, -0.1) is 0 Å². The Kier molecular flexibility index (Phi) is 6.67. The van der Waals surface area contributed by atoms with Gasteiger partial charge in [0.15, 0.2) is 0 Å². The van der Waals surface area contributed by atoms with E-state index in [2.05, 4.69) is 10.2 Å². The van der Waals surface area contributed by atoms with Gasteiger partial charge in [0.05, 0.1) is 6.54 Å². The van der Waals surface area contributed by atoms with Crippen LogP contribution in [-0.4, -0.2) is 54.6 Å². The molecule has 1 amide bonds. The monoisotopic (exact) mass is 257 g/mol. The van der Waals surface area contributed by atoms with Gasteiger partial charge in [-0.25, -0.2) is 0 Å². The van der Waals surface area contributed by atoms with E-state index in [4.69, 9.17) is 10.8 Å². The van der Waals surface area contributed by atoms with E-state index in [9.17, 15) is 9.59 Å². The molecule has 1 unspecified atom stereocenters. The van der Waals surface area contributed by atoms with Gasteiger partial charge in [-0.3, -0.25) is 14.5 Å². The molecule has 6 heteroatoms. The van der Waals surface area contributed by atoms with Crippen molar-refractivity contribution in [1.82, 2.24) is 10.2 Å². The summed E-state index contributed by atoms with van der Waals surface area (Å²) in [7, 11) is 0. The van der Waals surface area contributed by atoms with Crippen LogP contribution in [0, 0.1) is 5.92 Å². The van der Waals surface area contributed by atoms with Crippen LogP contribution in [-0.2, 0) is 9.59 Å². The first-order valence-corrected chi connectivity index (χ1v) is 6.52. The zero-order valence-electron chi connectivity index (χ0n) is 10.7. The lowest BCUT2D eigenvalue weighted by Gasteiger charge is -2.31. The number of rotatable bonds is 7. The Morgan fingerprint density at radius 2 is 2.22 bits per heavy atom. The molecule has 1 atom stereocenters. The van der Waals surface area contributed by atoms with E-state index < -0.39 is 5.97 Å². The molecule has 1 aliphatic rings. The summed E-state index contributed by atoms with van der Waals surface area (Å²) >= 11 is 0. The van der Waals surface area contributed by atoms with Gasteiger partial charge in [0.25, 0.3) is 0 Å². The summed E-state index contributed by atoms with van der Waals surface area (Å²) in [6.45, 7) is 3.33. The van der Waals surface area contributed by atoms with Crippen LogP contribution in [0.3, 0.4) is 0 Å². The second-order valence-electron chi connectivity index (χ2n) is 4.83. The van der Waals surface area contributed by atoms with Crippen LogP contribution < -0.4 is 11.1 Å². The summed E-state index contributed by atoms with van der Waals surface area (Å²) in [4.78, 5) is 24.0. The second kappa shape index (κ2) is 8.05. The Hall–Kier alpha value is -1.14. The van der Waals surface area contributed by atoms with Crippen LogP contribution in [0.4, 0.5) is 0 Å². The number of hydrogen-bond donors (Lipinski definition) is 3. The van der Waals surface area contributed by atoms with Crippen LogP contribution in [0.2, 0.25) is 0 Å². The third-order valence-corrected chi connectivity index (χ3v) is 3.19.